The lowest BCUT2D eigenvalue weighted by atomic mass is 10.0. The Morgan fingerprint density at radius 2 is 2.46 bits per heavy atom. The van der Waals surface area contributed by atoms with Gasteiger partial charge in [0, 0.05) is 24.4 Å². The van der Waals surface area contributed by atoms with Gasteiger partial charge in [0.1, 0.15) is 6.07 Å². The summed E-state index contributed by atoms with van der Waals surface area (Å²) < 4.78 is 5.26. The first-order valence-electron chi connectivity index (χ1n) is 4.34. The molecule has 1 saturated heterocycles. The first-order valence-corrected chi connectivity index (χ1v) is 4.34. The zero-order valence-corrected chi connectivity index (χ0v) is 7.23. The summed E-state index contributed by atoms with van der Waals surface area (Å²) in [5.41, 5.74) is 1.65. The maximum Gasteiger partial charge on any atom is 0.101 e. The van der Waals surface area contributed by atoms with Crippen molar-refractivity contribution in [3.05, 3.63) is 29.6 Å². The van der Waals surface area contributed by atoms with Gasteiger partial charge >= 0.3 is 0 Å². The lowest BCUT2D eigenvalue weighted by Gasteiger charge is -2.05. The monoisotopic (exact) mass is 174 g/mol. The van der Waals surface area contributed by atoms with Crippen molar-refractivity contribution >= 4 is 0 Å². The summed E-state index contributed by atoms with van der Waals surface area (Å²) in [6.45, 7) is 1.59. The van der Waals surface area contributed by atoms with Crippen LogP contribution < -0.4 is 0 Å². The third-order valence-electron chi connectivity index (χ3n) is 2.26. The van der Waals surface area contributed by atoms with E-state index in [0.717, 1.165) is 25.3 Å². The summed E-state index contributed by atoms with van der Waals surface area (Å²) in [4.78, 5) is 4.23. The van der Waals surface area contributed by atoms with Crippen LogP contribution in [0.5, 0.6) is 0 Å². The van der Waals surface area contributed by atoms with Gasteiger partial charge < -0.3 is 4.74 Å². The molecule has 0 aliphatic carbocycles. The maximum atomic E-state index is 8.58. The first kappa shape index (κ1) is 8.21. The molecule has 2 rings (SSSR count). The highest BCUT2D eigenvalue weighted by Crippen LogP contribution is 2.22. The van der Waals surface area contributed by atoms with Crippen LogP contribution in [0.1, 0.15) is 23.6 Å². The molecule has 0 spiro atoms. The third-order valence-corrected chi connectivity index (χ3v) is 2.26. The second-order valence-electron chi connectivity index (χ2n) is 3.14. The van der Waals surface area contributed by atoms with Crippen molar-refractivity contribution in [3.8, 4) is 6.07 Å². The van der Waals surface area contributed by atoms with Crippen molar-refractivity contribution in [2.45, 2.75) is 12.3 Å². The number of nitrogens with zero attached hydrogens (tertiary/aromatic N) is 2. The summed E-state index contributed by atoms with van der Waals surface area (Å²) in [7, 11) is 0. The van der Waals surface area contributed by atoms with Gasteiger partial charge in [-0.25, -0.2) is 0 Å². The van der Waals surface area contributed by atoms with E-state index in [0.29, 0.717) is 11.5 Å². The van der Waals surface area contributed by atoms with Gasteiger partial charge in [0.15, 0.2) is 0 Å². The summed E-state index contributed by atoms with van der Waals surface area (Å²) in [5.74, 6) is 0.424. The van der Waals surface area contributed by atoms with E-state index in [2.05, 4.69) is 11.1 Å². The fourth-order valence-corrected chi connectivity index (χ4v) is 1.48. The van der Waals surface area contributed by atoms with Crippen LogP contribution in [0.25, 0.3) is 0 Å². The molecule has 1 atom stereocenters. The molecular weight excluding hydrogens is 164 g/mol. The van der Waals surface area contributed by atoms with Crippen LogP contribution in [0.4, 0.5) is 0 Å². The highest BCUT2D eigenvalue weighted by molar-refractivity contribution is 5.27. The van der Waals surface area contributed by atoms with Crippen molar-refractivity contribution in [2.24, 2.45) is 0 Å². The summed E-state index contributed by atoms with van der Waals surface area (Å²) in [6.07, 6.45) is 2.66. The smallest absolute Gasteiger partial charge is 0.101 e. The van der Waals surface area contributed by atoms with Crippen molar-refractivity contribution in [1.29, 1.82) is 5.26 Å². The quantitative estimate of drug-likeness (QED) is 0.647. The average molecular weight is 174 g/mol. The molecule has 0 aromatic carbocycles. The molecule has 0 radical (unpaired) electrons. The van der Waals surface area contributed by atoms with Crippen molar-refractivity contribution in [3.63, 3.8) is 0 Å². The topological polar surface area (TPSA) is 45.9 Å². The molecule has 1 aromatic heterocycles. The Morgan fingerprint density at radius 1 is 1.54 bits per heavy atom. The fourth-order valence-electron chi connectivity index (χ4n) is 1.48. The molecule has 0 N–H and O–H groups in total. The third kappa shape index (κ3) is 1.68. The maximum absolute atomic E-state index is 8.58. The Kier molecular flexibility index (Phi) is 2.24. The van der Waals surface area contributed by atoms with Crippen LogP contribution in [0.3, 0.4) is 0 Å². The minimum atomic E-state index is 0.424. The van der Waals surface area contributed by atoms with E-state index in [-0.39, 0.29) is 0 Å². The number of rotatable bonds is 1. The van der Waals surface area contributed by atoms with E-state index in [4.69, 9.17) is 10.00 Å². The minimum absolute atomic E-state index is 0.424. The molecular formula is C10H10N2O. The number of hydrogen-bond acceptors (Lipinski definition) is 3. The second-order valence-corrected chi connectivity index (χ2v) is 3.14. The van der Waals surface area contributed by atoms with Gasteiger partial charge in [-0.2, -0.15) is 5.26 Å². The Labute approximate surface area is 77.0 Å². The standard InChI is InChI=1S/C10H10N2O/c11-5-8-1-2-10(12-6-8)9-3-4-13-7-9/h1-2,6,9H,3-4,7H2. The van der Waals surface area contributed by atoms with E-state index in [1.807, 2.05) is 6.07 Å². The molecule has 1 aliphatic heterocycles. The highest BCUT2D eigenvalue weighted by atomic mass is 16.5. The molecule has 3 nitrogen and oxygen atoms in total. The van der Waals surface area contributed by atoms with E-state index >= 15 is 0 Å². The Hall–Kier alpha value is -1.40. The molecule has 0 bridgehead atoms. The number of nitriles is 1. The molecule has 1 fully saturated rings. The SMILES string of the molecule is N#Cc1ccc(C2CCOC2)nc1. The highest BCUT2D eigenvalue weighted by Gasteiger charge is 2.18. The second kappa shape index (κ2) is 3.55. The summed E-state index contributed by atoms with van der Waals surface area (Å²) in [6, 6.07) is 5.77. The van der Waals surface area contributed by atoms with Crippen molar-refractivity contribution in [1.82, 2.24) is 4.98 Å². The molecule has 0 amide bonds. The minimum Gasteiger partial charge on any atom is -0.381 e. The normalized spacial score (nSPS) is 21.3. The molecule has 0 saturated carbocycles. The molecule has 2 heterocycles. The van der Waals surface area contributed by atoms with Crippen LogP contribution in [0.2, 0.25) is 0 Å². The van der Waals surface area contributed by atoms with E-state index in [9.17, 15) is 0 Å². The Balaban J connectivity index is 2.18. The summed E-state index contributed by atoms with van der Waals surface area (Å²) in [5, 5.41) is 8.58. The number of hydrogen-bond donors (Lipinski definition) is 0. The number of aromatic nitrogens is 1. The molecule has 3 heteroatoms. The van der Waals surface area contributed by atoms with Gasteiger partial charge in [-0.3, -0.25) is 4.98 Å². The van der Waals surface area contributed by atoms with Gasteiger partial charge in [-0.05, 0) is 18.6 Å². The van der Waals surface area contributed by atoms with Crippen LogP contribution in [0.15, 0.2) is 18.3 Å². The van der Waals surface area contributed by atoms with Crippen LogP contribution in [0, 0.1) is 11.3 Å². The predicted octanol–water partition coefficient (Wildman–Crippen LogP) is 1.46. The van der Waals surface area contributed by atoms with Gasteiger partial charge in [0.05, 0.1) is 12.2 Å². The number of pyridine rings is 1. The molecule has 1 aliphatic rings. The van der Waals surface area contributed by atoms with Gasteiger partial charge in [-0.1, -0.05) is 0 Å². The molecule has 1 unspecified atom stereocenters. The van der Waals surface area contributed by atoms with E-state index in [1.165, 1.54) is 0 Å². The average Bonchev–Trinajstić information content (AvgIpc) is 2.71. The van der Waals surface area contributed by atoms with Gasteiger partial charge in [0.2, 0.25) is 0 Å². The summed E-state index contributed by atoms with van der Waals surface area (Å²) >= 11 is 0. The predicted molar refractivity (Wildman–Crippen MR) is 47.1 cm³/mol. The van der Waals surface area contributed by atoms with Crippen molar-refractivity contribution in [2.75, 3.05) is 13.2 Å². The fraction of sp³-hybridized carbons (Fsp3) is 0.400. The Morgan fingerprint density at radius 3 is 3.00 bits per heavy atom. The van der Waals surface area contributed by atoms with Crippen molar-refractivity contribution < 1.29 is 4.74 Å². The van der Waals surface area contributed by atoms with Gasteiger partial charge in [0.25, 0.3) is 0 Å². The lowest BCUT2D eigenvalue weighted by molar-refractivity contribution is 0.193. The number of ether oxygens (including phenoxy) is 1. The Bertz CT molecular complexity index is 320. The lowest BCUT2D eigenvalue weighted by Crippen LogP contribution is -2.00. The largest absolute Gasteiger partial charge is 0.381 e. The molecule has 1 aromatic rings. The van der Waals surface area contributed by atoms with Crippen LogP contribution in [-0.2, 0) is 4.74 Å². The van der Waals surface area contributed by atoms with E-state index < -0.39 is 0 Å². The molecule has 66 valence electrons. The van der Waals surface area contributed by atoms with E-state index in [1.54, 1.807) is 12.3 Å². The zero-order chi connectivity index (χ0) is 9.10. The molecule has 13 heavy (non-hydrogen) atoms. The van der Waals surface area contributed by atoms with Gasteiger partial charge in [-0.15, -0.1) is 0 Å². The van der Waals surface area contributed by atoms with Crippen LogP contribution >= 0.6 is 0 Å². The zero-order valence-electron chi connectivity index (χ0n) is 7.23. The van der Waals surface area contributed by atoms with Crippen LogP contribution in [-0.4, -0.2) is 18.2 Å². The first-order chi connectivity index (χ1) is 6.40.